The van der Waals surface area contributed by atoms with Crippen LogP contribution < -0.4 is 9.47 Å². The summed E-state index contributed by atoms with van der Waals surface area (Å²) < 4.78 is 23.4. The zero-order valence-electron chi connectivity index (χ0n) is 11.4. The largest absolute Gasteiger partial charge is 0.507 e. The van der Waals surface area contributed by atoms with E-state index in [1.807, 2.05) is 0 Å². The number of nitrogens with zero attached hydrogens (tertiary/aromatic N) is 1. The molecule has 0 saturated carbocycles. The molecule has 22 heavy (non-hydrogen) atoms. The first-order chi connectivity index (χ1) is 10.5. The average Bonchev–Trinajstić information content (AvgIpc) is 2.92. The van der Waals surface area contributed by atoms with E-state index in [1.165, 1.54) is 36.4 Å². The molecule has 1 atom stereocenters. The van der Waals surface area contributed by atoms with Crippen molar-refractivity contribution in [3.05, 3.63) is 63.5 Å². The fourth-order valence-corrected chi connectivity index (χ4v) is 2.45. The molecule has 0 fully saturated rings. The van der Waals surface area contributed by atoms with Crippen LogP contribution >= 0.6 is 0 Å². The van der Waals surface area contributed by atoms with E-state index in [0.29, 0.717) is 22.6 Å². The van der Waals surface area contributed by atoms with Crippen LogP contribution in [0, 0.1) is 15.9 Å². The van der Waals surface area contributed by atoms with Crippen molar-refractivity contribution in [3.8, 4) is 17.2 Å². The summed E-state index contributed by atoms with van der Waals surface area (Å²) in [4.78, 5) is 10.5. The highest BCUT2D eigenvalue weighted by Crippen LogP contribution is 2.42. The topological polar surface area (TPSA) is 81.8 Å². The van der Waals surface area contributed by atoms with Gasteiger partial charge in [0.15, 0.2) is 11.5 Å². The smallest absolute Gasteiger partial charge is 0.231 e. The Balaban J connectivity index is 2.06. The quantitative estimate of drug-likeness (QED) is 0.693. The van der Waals surface area contributed by atoms with Crippen LogP contribution in [-0.2, 0) is 0 Å². The van der Waals surface area contributed by atoms with Crippen molar-refractivity contribution in [2.24, 2.45) is 0 Å². The Bertz CT molecular complexity index is 717. The Hall–Kier alpha value is -2.83. The second-order valence-electron chi connectivity index (χ2n) is 4.88. The normalized spacial score (nSPS) is 13.9. The molecular formula is C15H12FNO5. The van der Waals surface area contributed by atoms with Crippen LogP contribution in [0.15, 0.2) is 36.4 Å². The van der Waals surface area contributed by atoms with E-state index in [4.69, 9.17) is 9.47 Å². The van der Waals surface area contributed by atoms with Crippen LogP contribution in [0.1, 0.15) is 17.0 Å². The molecule has 6 nitrogen and oxygen atoms in total. The molecule has 2 aromatic rings. The number of fused-ring (bicyclic) bond motifs is 1. The molecule has 0 saturated heterocycles. The third-order valence-electron chi connectivity index (χ3n) is 3.50. The molecule has 7 heteroatoms. The van der Waals surface area contributed by atoms with Crippen molar-refractivity contribution in [3.63, 3.8) is 0 Å². The fourth-order valence-electron chi connectivity index (χ4n) is 2.45. The van der Waals surface area contributed by atoms with Gasteiger partial charge in [-0.25, -0.2) is 4.39 Å². The van der Waals surface area contributed by atoms with Crippen molar-refractivity contribution in [1.82, 2.24) is 0 Å². The van der Waals surface area contributed by atoms with Gasteiger partial charge in [-0.2, -0.15) is 0 Å². The van der Waals surface area contributed by atoms with Gasteiger partial charge in [-0.1, -0.05) is 12.1 Å². The predicted octanol–water partition coefficient (Wildman–Crippen LogP) is 2.67. The Morgan fingerprint density at radius 2 is 1.86 bits per heavy atom. The van der Waals surface area contributed by atoms with Crippen LogP contribution in [-0.4, -0.2) is 23.4 Å². The number of benzene rings is 2. The highest BCUT2D eigenvalue weighted by atomic mass is 19.1. The van der Waals surface area contributed by atoms with Crippen LogP contribution in [0.25, 0.3) is 0 Å². The average molecular weight is 305 g/mol. The SMILES string of the molecule is O=[N+]([O-])C[C@@H](c1ccc(F)cc1)c1cc2c(cc1O)OCO2. The minimum absolute atomic E-state index is 0.0364. The molecule has 2 aromatic carbocycles. The zero-order valence-corrected chi connectivity index (χ0v) is 11.4. The number of phenolic OH excluding ortho intramolecular Hbond substituents is 1. The molecule has 0 radical (unpaired) electrons. The van der Waals surface area contributed by atoms with Gasteiger partial charge in [-0.3, -0.25) is 10.1 Å². The third-order valence-corrected chi connectivity index (χ3v) is 3.50. The fraction of sp³-hybridized carbons (Fsp3) is 0.200. The summed E-state index contributed by atoms with van der Waals surface area (Å²) in [6, 6.07) is 8.28. The molecule has 1 aliphatic heterocycles. The van der Waals surface area contributed by atoms with Crippen molar-refractivity contribution in [2.45, 2.75) is 5.92 Å². The predicted molar refractivity (Wildman–Crippen MR) is 74.3 cm³/mol. The molecule has 0 aromatic heterocycles. The zero-order chi connectivity index (χ0) is 15.7. The first-order valence-electron chi connectivity index (χ1n) is 6.54. The van der Waals surface area contributed by atoms with Crippen molar-refractivity contribution in [1.29, 1.82) is 0 Å². The van der Waals surface area contributed by atoms with E-state index in [0.717, 1.165) is 0 Å². The summed E-state index contributed by atoms with van der Waals surface area (Å²) >= 11 is 0. The summed E-state index contributed by atoms with van der Waals surface area (Å²) in [7, 11) is 0. The number of rotatable bonds is 4. The molecule has 0 unspecified atom stereocenters. The van der Waals surface area contributed by atoms with Gasteiger partial charge in [0.1, 0.15) is 11.6 Å². The standard InChI is InChI=1S/C15H12FNO5/c16-10-3-1-9(2-4-10)12(7-17(19)20)11-5-14-15(6-13(11)18)22-8-21-14/h1-6,12,18H,7-8H2/t12-/m0/s1. The Labute approximate surface area is 124 Å². The Morgan fingerprint density at radius 1 is 1.23 bits per heavy atom. The number of hydrogen-bond donors (Lipinski definition) is 1. The lowest BCUT2D eigenvalue weighted by molar-refractivity contribution is -0.481. The van der Waals surface area contributed by atoms with E-state index in [2.05, 4.69) is 0 Å². The molecular weight excluding hydrogens is 293 g/mol. The van der Waals surface area contributed by atoms with E-state index in [1.54, 1.807) is 0 Å². The molecule has 0 spiro atoms. The Morgan fingerprint density at radius 3 is 2.50 bits per heavy atom. The first kappa shape index (κ1) is 14.1. The summed E-state index contributed by atoms with van der Waals surface area (Å²) in [5.74, 6) is -0.465. The monoisotopic (exact) mass is 305 g/mol. The van der Waals surface area contributed by atoms with Gasteiger partial charge in [-0.05, 0) is 23.8 Å². The maximum atomic E-state index is 13.1. The van der Waals surface area contributed by atoms with Gasteiger partial charge in [0.2, 0.25) is 13.3 Å². The highest BCUT2D eigenvalue weighted by Gasteiger charge is 2.27. The highest BCUT2D eigenvalue weighted by molar-refractivity contribution is 5.54. The lowest BCUT2D eigenvalue weighted by Gasteiger charge is -2.16. The number of phenols is 1. The van der Waals surface area contributed by atoms with Crippen molar-refractivity contribution >= 4 is 0 Å². The van der Waals surface area contributed by atoms with E-state index >= 15 is 0 Å². The van der Waals surface area contributed by atoms with Crippen molar-refractivity contribution in [2.75, 3.05) is 13.3 Å². The van der Waals surface area contributed by atoms with Crippen LogP contribution in [0.3, 0.4) is 0 Å². The number of nitro groups is 1. The van der Waals surface area contributed by atoms with Gasteiger partial charge >= 0.3 is 0 Å². The number of ether oxygens (including phenoxy) is 2. The lowest BCUT2D eigenvalue weighted by atomic mass is 9.90. The lowest BCUT2D eigenvalue weighted by Crippen LogP contribution is -2.14. The molecule has 0 aliphatic carbocycles. The second-order valence-corrected chi connectivity index (χ2v) is 4.88. The minimum atomic E-state index is -0.718. The van der Waals surface area contributed by atoms with Gasteiger partial charge in [0.25, 0.3) is 0 Å². The van der Waals surface area contributed by atoms with Gasteiger partial charge in [-0.15, -0.1) is 0 Å². The summed E-state index contributed by atoms with van der Waals surface area (Å²) in [6.45, 7) is -0.395. The molecule has 0 amide bonds. The number of aromatic hydroxyl groups is 1. The second kappa shape index (κ2) is 5.51. The van der Waals surface area contributed by atoms with Crippen molar-refractivity contribution < 1.29 is 23.9 Å². The minimum Gasteiger partial charge on any atom is -0.507 e. The number of hydrogen-bond acceptors (Lipinski definition) is 5. The molecule has 3 rings (SSSR count). The molecule has 1 aliphatic rings. The molecule has 0 bridgehead atoms. The van der Waals surface area contributed by atoms with Gasteiger partial charge < -0.3 is 14.6 Å². The summed E-state index contributed by atoms with van der Waals surface area (Å²) in [6.07, 6.45) is 0. The molecule has 1 N–H and O–H groups in total. The van der Waals surface area contributed by atoms with Gasteiger partial charge in [0, 0.05) is 16.6 Å². The Kier molecular flexibility index (Phi) is 3.54. The van der Waals surface area contributed by atoms with E-state index in [-0.39, 0.29) is 12.5 Å². The maximum absolute atomic E-state index is 13.1. The first-order valence-corrected chi connectivity index (χ1v) is 6.54. The van der Waals surface area contributed by atoms with E-state index < -0.39 is 23.2 Å². The summed E-state index contributed by atoms with van der Waals surface area (Å²) in [5.41, 5.74) is 0.875. The summed E-state index contributed by atoms with van der Waals surface area (Å²) in [5, 5.41) is 21.1. The third kappa shape index (κ3) is 2.65. The van der Waals surface area contributed by atoms with Crippen LogP contribution in [0.5, 0.6) is 17.2 Å². The maximum Gasteiger partial charge on any atom is 0.231 e. The van der Waals surface area contributed by atoms with E-state index in [9.17, 15) is 19.6 Å². The molecule has 114 valence electrons. The van der Waals surface area contributed by atoms with Crippen LogP contribution in [0.4, 0.5) is 4.39 Å². The van der Waals surface area contributed by atoms with Crippen LogP contribution in [0.2, 0.25) is 0 Å². The van der Waals surface area contributed by atoms with Gasteiger partial charge in [0.05, 0.1) is 5.92 Å². The molecule has 1 heterocycles. The number of halogens is 1.